The Hall–Kier alpha value is -4.88. The van der Waals surface area contributed by atoms with Gasteiger partial charge in [0.05, 0.1) is 18.2 Å². The summed E-state index contributed by atoms with van der Waals surface area (Å²) in [4.78, 5) is 17.2. The van der Waals surface area contributed by atoms with Crippen molar-refractivity contribution >= 4 is 5.91 Å². The minimum atomic E-state index is 0.00422. The molecule has 0 aromatic heterocycles. The number of aryl methyl sites for hydroxylation is 1. The van der Waals surface area contributed by atoms with Gasteiger partial charge < -0.3 is 24.6 Å². The molecule has 0 heterocycles. The zero-order valence-electron chi connectivity index (χ0n) is 28.0. The van der Waals surface area contributed by atoms with E-state index in [4.69, 9.17) is 25.3 Å². The summed E-state index contributed by atoms with van der Waals surface area (Å²) in [5, 5.41) is 29.9. The number of rotatable bonds is 24. The Morgan fingerprint density at radius 2 is 1.10 bits per heavy atom. The van der Waals surface area contributed by atoms with E-state index >= 15 is 0 Å². The van der Waals surface area contributed by atoms with Crippen LogP contribution in [0.3, 0.4) is 0 Å². The lowest BCUT2D eigenvalue weighted by atomic mass is 10.1. The number of carbonyl (C=O) groups excluding carboxylic acids is 1. The van der Waals surface area contributed by atoms with Crippen molar-refractivity contribution < 1.29 is 14.3 Å². The van der Waals surface area contributed by atoms with Gasteiger partial charge in [-0.2, -0.15) is 15.8 Å². The number of nitrogens with zero attached hydrogens (tertiary/aromatic N) is 5. The van der Waals surface area contributed by atoms with Crippen LogP contribution in [0.1, 0.15) is 61.6 Å². The SMILES string of the molecule is N#CCCN(CCC#N)CCCCN(CCC#N)CCCNC(=O)CCc1ccc(OCc2ccccc2)c(OCc2ccccc2)c1. The fourth-order valence-corrected chi connectivity index (χ4v) is 5.25. The Balaban J connectivity index is 1.43. The Morgan fingerprint density at radius 3 is 1.65 bits per heavy atom. The first-order valence-corrected chi connectivity index (χ1v) is 16.9. The van der Waals surface area contributed by atoms with Crippen molar-refractivity contribution in [2.75, 3.05) is 45.8 Å². The zero-order chi connectivity index (χ0) is 34.1. The van der Waals surface area contributed by atoms with Crippen LogP contribution in [0, 0.1) is 34.0 Å². The number of ether oxygens (including phenoxy) is 2. The van der Waals surface area contributed by atoms with Gasteiger partial charge in [0.2, 0.25) is 5.91 Å². The smallest absolute Gasteiger partial charge is 0.220 e. The standard InChI is InChI=1S/C39H48N6O3/c40-21-9-27-44(28-10-22-41)25-7-8-26-45(29-11-23-42)30-12-24-43-39(46)20-18-34-17-19-37(47-32-35-13-3-1-4-14-35)38(31-34)48-33-36-15-5-2-6-16-36/h1-6,13-17,19,31H,7-12,18,20,24-30,32-33H2,(H,43,46). The quantitative estimate of drug-likeness (QED) is 0.111. The first-order chi connectivity index (χ1) is 23.6. The third kappa shape index (κ3) is 15.6. The van der Waals surface area contributed by atoms with Gasteiger partial charge in [0.15, 0.2) is 11.5 Å². The van der Waals surface area contributed by atoms with E-state index < -0.39 is 0 Å². The van der Waals surface area contributed by atoms with Crippen LogP contribution in [0.4, 0.5) is 0 Å². The highest BCUT2D eigenvalue weighted by molar-refractivity contribution is 5.76. The van der Waals surface area contributed by atoms with Crippen molar-refractivity contribution in [1.29, 1.82) is 15.8 Å². The molecule has 1 amide bonds. The summed E-state index contributed by atoms with van der Waals surface area (Å²) in [6, 6.07) is 32.5. The number of carbonyl (C=O) groups is 1. The average molecular weight is 649 g/mol. The maximum Gasteiger partial charge on any atom is 0.220 e. The maximum absolute atomic E-state index is 12.7. The van der Waals surface area contributed by atoms with Gasteiger partial charge in [-0.05, 0) is 74.1 Å². The second-order valence-electron chi connectivity index (χ2n) is 11.6. The summed E-state index contributed by atoms with van der Waals surface area (Å²) >= 11 is 0. The van der Waals surface area contributed by atoms with Gasteiger partial charge in [-0.1, -0.05) is 66.7 Å². The molecule has 252 valence electrons. The molecule has 3 aromatic rings. The van der Waals surface area contributed by atoms with E-state index in [1.54, 1.807) is 0 Å². The van der Waals surface area contributed by atoms with Crippen molar-refractivity contribution in [3.63, 3.8) is 0 Å². The molecule has 9 heteroatoms. The summed E-state index contributed by atoms with van der Waals surface area (Å²) in [6.07, 6.45) is 5.10. The summed E-state index contributed by atoms with van der Waals surface area (Å²) in [5.74, 6) is 1.33. The number of hydrogen-bond acceptors (Lipinski definition) is 8. The van der Waals surface area contributed by atoms with Crippen LogP contribution < -0.4 is 14.8 Å². The largest absolute Gasteiger partial charge is 0.485 e. The number of benzene rings is 3. The van der Waals surface area contributed by atoms with Gasteiger partial charge in [-0.3, -0.25) is 4.79 Å². The van der Waals surface area contributed by atoms with E-state index in [1.165, 1.54) is 0 Å². The van der Waals surface area contributed by atoms with E-state index in [1.807, 2.05) is 78.9 Å². The van der Waals surface area contributed by atoms with Crippen molar-refractivity contribution in [3.8, 4) is 29.7 Å². The summed E-state index contributed by atoms with van der Waals surface area (Å²) < 4.78 is 12.3. The average Bonchev–Trinajstić information content (AvgIpc) is 3.13. The van der Waals surface area contributed by atoms with Crippen LogP contribution in [0.25, 0.3) is 0 Å². The minimum Gasteiger partial charge on any atom is -0.485 e. The Bertz CT molecular complexity index is 1450. The second-order valence-corrected chi connectivity index (χ2v) is 11.6. The van der Waals surface area contributed by atoms with Crippen LogP contribution in [0.15, 0.2) is 78.9 Å². The number of amides is 1. The molecule has 0 aliphatic carbocycles. The van der Waals surface area contributed by atoms with Gasteiger partial charge in [0.1, 0.15) is 13.2 Å². The molecule has 3 aromatic carbocycles. The van der Waals surface area contributed by atoms with E-state index in [0.717, 1.165) is 55.6 Å². The summed E-state index contributed by atoms with van der Waals surface area (Å²) in [5.41, 5.74) is 3.14. The van der Waals surface area contributed by atoms with Crippen molar-refractivity contribution in [1.82, 2.24) is 15.1 Å². The first kappa shape index (κ1) is 37.6. The van der Waals surface area contributed by atoms with Crippen LogP contribution in [0.5, 0.6) is 11.5 Å². The molecule has 0 saturated heterocycles. The summed E-state index contributed by atoms with van der Waals surface area (Å²) in [7, 11) is 0. The molecular weight excluding hydrogens is 600 g/mol. The van der Waals surface area contributed by atoms with Gasteiger partial charge in [-0.15, -0.1) is 0 Å². The highest BCUT2D eigenvalue weighted by Gasteiger charge is 2.11. The number of nitriles is 3. The fraction of sp³-hybridized carbons (Fsp3) is 0.436. The van der Waals surface area contributed by atoms with E-state index in [9.17, 15) is 4.79 Å². The molecule has 9 nitrogen and oxygen atoms in total. The third-order valence-corrected chi connectivity index (χ3v) is 7.91. The monoisotopic (exact) mass is 648 g/mol. The molecule has 0 aliphatic rings. The van der Waals surface area contributed by atoms with Gasteiger partial charge in [-0.25, -0.2) is 0 Å². The lowest BCUT2D eigenvalue weighted by molar-refractivity contribution is -0.121. The molecule has 3 rings (SSSR count). The lowest BCUT2D eigenvalue weighted by Gasteiger charge is -2.23. The molecule has 0 radical (unpaired) electrons. The number of unbranched alkanes of at least 4 members (excludes halogenated alkanes) is 1. The molecule has 0 unspecified atom stereocenters. The highest BCUT2D eigenvalue weighted by Crippen LogP contribution is 2.30. The Morgan fingerprint density at radius 1 is 0.604 bits per heavy atom. The predicted octanol–water partition coefficient (Wildman–Crippen LogP) is 6.41. The molecular formula is C39H48N6O3. The molecule has 0 bridgehead atoms. The van der Waals surface area contributed by atoms with Crippen molar-refractivity contribution in [2.24, 2.45) is 0 Å². The predicted molar refractivity (Wildman–Crippen MR) is 187 cm³/mol. The van der Waals surface area contributed by atoms with Gasteiger partial charge in [0.25, 0.3) is 0 Å². The van der Waals surface area contributed by atoms with Crippen LogP contribution in [0.2, 0.25) is 0 Å². The molecule has 0 fully saturated rings. The first-order valence-electron chi connectivity index (χ1n) is 16.9. The lowest BCUT2D eigenvalue weighted by Crippen LogP contribution is -2.32. The molecule has 0 saturated carbocycles. The van der Waals surface area contributed by atoms with E-state index in [0.29, 0.717) is 83.0 Å². The minimum absolute atomic E-state index is 0.00422. The van der Waals surface area contributed by atoms with Gasteiger partial charge in [0, 0.05) is 51.9 Å². The maximum atomic E-state index is 12.7. The Kier molecular flexibility index (Phi) is 18.4. The topological polar surface area (TPSA) is 125 Å². The highest BCUT2D eigenvalue weighted by atomic mass is 16.5. The van der Waals surface area contributed by atoms with Gasteiger partial charge >= 0.3 is 0 Å². The number of hydrogen-bond donors (Lipinski definition) is 1. The third-order valence-electron chi connectivity index (χ3n) is 7.91. The van der Waals surface area contributed by atoms with Crippen LogP contribution in [-0.4, -0.2) is 61.5 Å². The van der Waals surface area contributed by atoms with Crippen molar-refractivity contribution in [3.05, 3.63) is 95.6 Å². The molecule has 0 aliphatic heterocycles. The summed E-state index contributed by atoms with van der Waals surface area (Å²) in [6.45, 7) is 6.05. The number of nitrogens with one attached hydrogen (secondary N) is 1. The van der Waals surface area contributed by atoms with E-state index in [-0.39, 0.29) is 5.91 Å². The van der Waals surface area contributed by atoms with Crippen molar-refractivity contribution in [2.45, 2.75) is 64.6 Å². The Labute approximate surface area is 286 Å². The molecule has 48 heavy (non-hydrogen) atoms. The fourth-order valence-electron chi connectivity index (χ4n) is 5.25. The normalized spacial score (nSPS) is 10.6. The van der Waals surface area contributed by atoms with E-state index in [2.05, 4.69) is 33.3 Å². The zero-order valence-corrected chi connectivity index (χ0v) is 28.0. The molecule has 1 N–H and O–H groups in total. The van der Waals surface area contributed by atoms with Crippen LogP contribution >= 0.6 is 0 Å². The molecule has 0 spiro atoms. The second kappa shape index (κ2) is 23.4. The van der Waals surface area contributed by atoms with Crippen LogP contribution in [-0.2, 0) is 24.4 Å². The molecule has 0 atom stereocenters.